The van der Waals surface area contributed by atoms with Crippen LogP contribution in [-0.4, -0.2) is 42.9 Å². The number of ether oxygens (including phenoxy) is 1. The Morgan fingerprint density at radius 1 is 1.14 bits per heavy atom. The van der Waals surface area contributed by atoms with Crippen LogP contribution in [0.5, 0.6) is 5.75 Å². The van der Waals surface area contributed by atoms with Crippen molar-refractivity contribution in [1.29, 1.82) is 0 Å². The van der Waals surface area contributed by atoms with E-state index in [1.54, 1.807) is 36.5 Å². The fraction of sp³-hybridized carbons (Fsp3) is 0.231. The summed E-state index contributed by atoms with van der Waals surface area (Å²) in [6.45, 7) is 1.32. The number of amides is 2. The molecule has 10 heteroatoms. The van der Waals surface area contributed by atoms with E-state index in [1.807, 2.05) is 25.1 Å². The Balaban J connectivity index is 1.56. The van der Waals surface area contributed by atoms with Crippen molar-refractivity contribution in [3.8, 4) is 5.75 Å². The number of aromatic nitrogens is 1. The maximum absolute atomic E-state index is 15.1. The molecule has 36 heavy (non-hydrogen) atoms. The molecule has 4 rings (SSSR count). The fourth-order valence-corrected chi connectivity index (χ4v) is 4.05. The number of nitrogens with zero attached hydrogens (tertiary/aromatic N) is 2. The van der Waals surface area contributed by atoms with Gasteiger partial charge in [-0.25, -0.2) is 19.0 Å². The average Bonchev–Trinajstić information content (AvgIpc) is 3.58. The van der Waals surface area contributed by atoms with Crippen LogP contribution in [0, 0.1) is 5.82 Å². The molecule has 2 atom stereocenters. The van der Waals surface area contributed by atoms with Crippen LogP contribution in [0.2, 0.25) is 0 Å². The monoisotopic (exact) mass is 554 g/mol. The summed E-state index contributed by atoms with van der Waals surface area (Å²) >= 11 is 3.28. The van der Waals surface area contributed by atoms with Crippen LogP contribution in [0.15, 0.2) is 59.2 Å². The molecule has 0 aliphatic heterocycles. The van der Waals surface area contributed by atoms with Gasteiger partial charge in [0, 0.05) is 48.0 Å². The number of esters is 1. The number of hydrogen-bond acceptors (Lipinski definition) is 6. The highest BCUT2D eigenvalue weighted by Crippen LogP contribution is 2.47. The minimum atomic E-state index is -0.711. The largest absolute Gasteiger partial charge is 0.422 e. The first-order valence-corrected chi connectivity index (χ1v) is 12.0. The number of pyridine rings is 1. The van der Waals surface area contributed by atoms with Gasteiger partial charge in [-0.15, -0.1) is 0 Å². The van der Waals surface area contributed by atoms with Gasteiger partial charge in [0.25, 0.3) is 0 Å². The van der Waals surface area contributed by atoms with Gasteiger partial charge in [0.1, 0.15) is 17.4 Å². The molecule has 0 saturated heterocycles. The number of urea groups is 1. The first-order valence-electron chi connectivity index (χ1n) is 11.2. The van der Waals surface area contributed by atoms with E-state index in [0.717, 1.165) is 10.2 Å². The van der Waals surface area contributed by atoms with E-state index in [-0.39, 0.29) is 28.2 Å². The molecule has 3 aromatic rings. The smallest absolute Gasteiger partial charge is 0.343 e. The third-order valence-corrected chi connectivity index (χ3v) is 6.23. The van der Waals surface area contributed by atoms with Crippen LogP contribution in [0.1, 0.15) is 45.5 Å². The summed E-state index contributed by atoms with van der Waals surface area (Å²) in [5, 5.41) is 5.39. The molecule has 2 N–H and O–H groups in total. The summed E-state index contributed by atoms with van der Waals surface area (Å²) in [5.74, 6) is -1.93. The van der Waals surface area contributed by atoms with E-state index < -0.39 is 29.8 Å². The number of nitrogens with one attached hydrogen (secondary N) is 2. The summed E-state index contributed by atoms with van der Waals surface area (Å²) in [5.41, 5.74) is 1.23. The normalized spacial score (nSPS) is 16.1. The minimum Gasteiger partial charge on any atom is -0.422 e. The van der Waals surface area contributed by atoms with Crippen molar-refractivity contribution in [2.24, 2.45) is 0 Å². The summed E-state index contributed by atoms with van der Waals surface area (Å²) in [6.07, 6.45) is 1.97. The van der Waals surface area contributed by atoms with Gasteiger partial charge in [-0.1, -0.05) is 6.07 Å². The Bertz CT molecular complexity index is 1330. The van der Waals surface area contributed by atoms with Crippen molar-refractivity contribution < 1.29 is 23.5 Å². The molecule has 2 aromatic carbocycles. The lowest BCUT2D eigenvalue weighted by Gasteiger charge is -2.16. The molecular weight excluding hydrogens is 531 g/mol. The maximum Gasteiger partial charge on any atom is 0.343 e. The lowest BCUT2D eigenvalue weighted by atomic mass is 10.0. The average molecular weight is 555 g/mol. The standard InChI is InChI=1S/C26H24BrFN4O4/c1-14(33)18-8-9-20(28)23(24(18)36-25(34)15-5-4-6-17(11-15)32(2)3)19-12-21(19)30-26(35)31-22-10-7-16(27)13-29-22/h4-11,13,19,21H,12H2,1-3H3,(H2,29,30,31,35)/t19-,21+/m0/s1. The van der Waals surface area contributed by atoms with E-state index >= 15 is 4.39 Å². The second kappa shape index (κ2) is 10.4. The fourth-order valence-electron chi connectivity index (χ4n) is 3.81. The van der Waals surface area contributed by atoms with Crippen molar-refractivity contribution in [2.75, 3.05) is 24.3 Å². The molecule has 1 heterocycles. The molecule has 0 bridgehead atoms. The Morgan fingerprint density at radius 3 is 2.58 bits per heavy atom. The molecule has 1 saturated carbocycles. The second-order valence-corrected chi connectivity index (χ2v) is 9.55. The van der Waals surface area contributed by atoms with Crippen molar-refractivity contribution in [3.63, 3.8) is 0 Å². The quantitative estimate of drug-likeness (QED) is 0.238. The Labute approximate surface area is 216 Å². The highest BCUT2D eigenvalue weighted by atomic mass is 79.9. The zero-order valence-electron chi connectivity index (χ0n) is 19.8. The van der Waals surface area contributed by atoms with Crippen molar-refractivity contribution in [2.45, 2.75) is 25.3 Å². The maximum atomic E-state index is 15.1. The third kappa shape index (κ3) is 5.71. The topological polar surface area (TPSA) is 101 Å². The molecular formula is C26H24BrFN4O4. The number of carbonyl (C=O) groups excluding carboxylic acids is 3. The van der Waals surface area contributed by atoms with Crippen LogP contribution in [-0.2, 0) is 0 Å². The van der Waals surface area contributed by atoms with Crippen molar-refractivity contribution in [3.05, 3.63) is 81.7 Å². The van der Waals surface area contributed by atoms with E-state index in [0.29, 0.717) is 12.2 Å². The zero-order chi connectivity index (χ0) is 26.0. The predicted molar refractivity (Wildman–Crippen MR) is 137 cm³/mol. The number of ketones is 1. The summed E-state index contributed by atoms with van der Waals surface area (Å²) in [4.78, 5) is 43.6. The molecule has 1 aliphatic carbocycles. The van der Waals surface area contributed by atoms with Gasteiger partial charge in [0.15, 0.2) is 5.78 Å². The van der Waals surface area contributed by atoms with Gasteiger partial charge in [-0.3, -0.25) is 10.1 Å². The number of carbonyl (C=O) groups is 3. The summed E-state index contributed by atoms with van der Waals surface area (Å²) < 4.78 is 21.5. The highest BCUT2D eigenvalue weighted by molar-refractivity contribution is 9.10. The molecule has 186 valence electrons. The van der Waals surface area contributed by atoms with Crippen LogP contribution in [0.4, 0.5) is 20.7 Å². The van der Waals surface area contributed by atoms with E-state index in [2.05, 4.69) is 31.5 Å². The van der Waals surface area contributed by atoms with Gasteiger partial charge < -0.3 is 15.0 Å². The van der Waals surface area contributed by atoms with Gasteiger partial charge in [-0.2, -0.15) is 0 Å². The van der Waals surface area contributed by atoms with Gasteiger partial charge >= 0.3 is 12.0 Å². The Kier molecular flexibility index (Phi) is 7.35. The summed E-state index contributed by atoms with van der Waals surface area (Å²) in [6, 6.07) is 11.7. The number of anilines is 2. The molecule has 1 aliphatic rings. The number of Topliss-reactive ketones (excluding diaryl/α,β-unsaturated/α-hetero) is 1. The number of hydrogen-bond donors (Lipinski definition) is 2. The molecule has 1 aromatic heterocycles. The molecule has 2 amide bonds. The highest BCUT2D eigenvalue weighted by Gasteiger charge is 2.44. The second-order valence-electron chi connectivity index (χ2n) is 8.64. The minimum absolute atomic E-state index is 0.0897. The predicted octanol–water partition coefficient (Wildman–Crippen LogP) is 5.15. The first kappa shape index (κ1) is 25.3. The van der Waals surface area contributed by atoms with Gasteiger partial charge in [0.2, 0.25) is 0 Å². The SMILES string of the molecule is CC(=O)c1ccc(F)c([C@H]2C[C@H]2NC(=O)Nc2ccc(Br)cn2)c1OC(=O)c1cccc(N(C)C)c1. The number of rotatable bonds is 7. The summed E-state index contributed by atoms with van der Waals surface area (Å²) in [7, 11) is 3.68. The number of halogens is 2. The lowest BCUT2D eigenvalue weighted by molar-refractivity contribution is 0.0730. The van der Waals surface area contributed by atoms with Crippen LogP contribution >= 0.6 is 15.9 Å². The van der Waals surface area contributed by atoms with Crippen LogP contribution < -0.4 is 20.3 Å². The first-order chi connectivity index (χ1) is 17.1. The van der Waals surface area contributed by atoms with E-state index in [1.165, 1.54) is 19.1 Å². The Hall–Kier alpha value is -3.79. The Morgan fingerprint density at radius 2 is 1.92 bits per heavy atom. The van der Waals surface area contributed by atoms with Crippen LogP contribution in [0.3, 0.4) is 0 Å². The van der Waals surface area contributed by atoms with Crippen molar-refractivity contribution in [1.82, 2.24) is 10.3 Å². The van der Waals surface area contributed by atoms with Gasteiger partial charge in [0.05, 0.1) is 11.1 Å². The molecule has 0 unspecified atom stereocenters. The molecule has 1 fully saturated rings. The van der Waals surface area contributed by atoms with Crippen molar-refractivity contribution >= 4 is 45.2 Å². The van der Waals surface area contributed by atoms with Gasteiger partial charge in [-0.05, 0) is 71.7 Å². The third-order valence-electron chi connectivity index (χ3n) is 5.76. The zero-order valence-corrected chi connectivity index (χ0v) is 21.4. The number of benzene rings is 2. The molecule has 8 nitrogen and oxygen atoms in total. The van der Waals surface area contributed by atoms with E-state index in [9.17, 15) is 14.4 Å². The lowest BCUT2D eigenvalue weighted by Crippen LogP contribution is -2.31. The van der Waals surface area contributed by atoms with Crippen LogP contribution in [0.25, 0.3) is 0 Å². The molecule has 0 spiro atoms. The molecule has 0 radical (unpaired) electrons. The van der Waals surface area contributed by atoms with E-state index in [4.69, 9.17) is 4.74 Å².